The van der Waals surface area contributed by atoms with Gasteiger partial charge in [-0.15, -0.1) is 10.2 Å². The molecular weight excluding hydrogens is 403 g/mol. The topological polar surface area (TPSA) is 59.3 Å². The minimum absolute atomic E-state index is 0.120. The first-order chi connectivity index (χ1) is 13.1. The van der Waals surface area contributed by atoms with Crippen molar-refractivity contribution in [3.8, 4) is 0 Å². The van der Waals surface area contributed by atoms with Crippen LogP contribution in [0.15, 0.2) is 59.8 Å². The highest BCUT2D eigenvalue weighted by atomic mass is 35.5. The molecule has 0 saturated carbocycles. The molecule has 0 spiro atoms. The molecule has 4 aromatic rings. The van der Waals surface area contributed by atoms with E-state index in [1.165, 1.54) is 11.8 Å². The molecule has 2 aromatic heterocycles. The number of hydrogen-bond acceptors (Lipinski definition) is 4. The first kappa shape index (κ1) is 18.1. The number of hydrogen-bond donors (Lipinski definition) is 1. The van der Waals surface area contributed by atoms with Crippen LogP contribution in [-0.4, -0.2) is 26.3 Å². The van der Waals surface area contributed by atoms with Crippen LogP contribution < -0.4 is 5.32 Å². The van der Waals surface area contributed by atoms with Gasteiger partial charge >= 0.3 is 0 Å². The van der Waals surface area contributed by atoms with Crippen LogP contribution in [0.1, 0.15) is 6.42 Å². The molecule has 0 aliphatic heterocycles. The molecule has 0 aliphatic rings. The van der Waals surface area contributed by atoms with Crippen molar-refractivity contribution in [3.05, 3.63) is 64.6 Å². The van der Waals surface area contributed by atoms with Crippen molar-refractivity contribution in [3.63, 3.8) is 0 Å². The summed E-state index contributed by atoms with van der Waals surface area (Å²) >= 11 is 13.4. The van der Waals surface area contributed by atoms with Crippen LogP contribution in [-0.2, 0) is 4.79 Å². The van der Waals surface area contributed by atoms with Crippen LogP contribution >= 0.6 is 35.0 Å². The smallest absolute Gasteiger partial charge is 0.225 e. The number of rotatable bonds is 5. The third-order valence-corrected chi connectivity index (χ3v) is 5.49. The Labute approximate surface area is 169 Å². The van der Waals surface area contributed by atoms with E-state index in [0.29, 0.717) is 27.9 Å². The fourth-order valence-corrected chi connectivity index (χ4v) is 4.09. The molecule has 0 fully saturated rings. The zero-order valence-corrected chi connectivity index (χ0v) is 16.4. The van der Waals surface area contributed by atoms with Crippen molar-refractivity contribution in [2.45, 2.75) is 11.6 Å². The summed E-state index contributed by atoms with van der Waals surface area (Å²) < 4.78 is 2.01. The van der Waals surface area contributed by atoms with E-state index in [0.717, 1.165) is 21.7 Å². The van der Waals surface area contributed by atoms with E-state index in [4.69, 9.17) is 23.2 Å². The second kappa shape index (κ2) is 7.76. The summed E-state index contributed by atoms with van der Waals surface area (Å²) in [4.78, 5) is 12.2. The quantitative estimate of drug-likeness (QED) is 0.447. The number of amides is 1. The van der Waals surface area contributed by atoms with Crippen molar-refractivity contribution in [1.82, 2.24) is 14.6 Å². The van der Waals surface area contributed by atoms with Crippen LogP contribution in [0.25, 0.3) is 16.6 Å². The average Bonchev–Trinajstić information content (AvgIpc) is 3.08. The van der Waals surface area contributed by atoms with E-state index < -0.39 is 0 Å². The predicted octanol–water partition coefficient (Wildman–Crippen LogP) is 5.31. The number of para-hydroxylation sites is 1. The van der Waals surface area contributed by atoms with Gasteiger partial charge in [0.25, 0.3) is 0 Å². The van der Waals surface area contributed by atoms with Gasteiger partial charge in [0.1, 0.15) is 0 Å². The summed E-state index contributed by atoms with van der Waals surface area (Å²) in [6, 6.07) is 17.0. The lowest BCUT2D eigenvalue weighted by molar-refractivity contribution is -0.115. The Morgan fingerprint density at radius 2 is 1.93 bits per heavy atom. The Morgan fingerprint density at radius 3 is 2.78 bits per heavy atom. The maximum atomic E-state index is 12.2. The lowest BCUT2D eigenvalue weighted by Crippen LogP contribution is -2.12. The van der Waals surface area contributed by atoms with Crippen LogP contribution in [0.3, 0.4) is 0 Å². The zero-order valence-electron chi connectivity index (χ0n) is 14.0. The van der Waals surface area contributed by atoms with Gasteiger partial charge < -0.3 is 5.32 Å². The van der Waals surface area contributed by atoms with Gasteiger partial charge in [-0.05, 0) is 41.8 Å². The number of aromatic nitrogens is 3. The summed E-state index contributed by atoms with van der Waals surface area (Å²) in [7, 11) is 0. The summed E-state index contributed by atoms with van der Waals surface area (Å²) in [5.41, 5.74) is 2.38. The SMILES string of the molecule is O=C(CCSc1nnc2ccc3ccccc3n12)Nc1ccc(Cl)cc1Cl. The molecule has 1 amide bonds. The molecular formula is C19H14Cl2N4OS. The highest BCUT2D eigenvalue weighted by Crippen LogP contribution is 2.26. The van der Waals surface area contributed by atoms with E-state index in [1.54, 1.807) is 18.2 Å². The van der Waals surface area contributed by atoms with Crippen molar-refractivity contribution in [1.29, 1.82) is 0 Å². The van der Waals surface area contributed by atoms with E-state index in [9.17, 15) is 4.79 Å². The van der Waals surface area contributed by atoms with Gasteiger partial charge in [0.15, 0.2) is 10.8 Å². The number of fused-ring (bicyclic) bond motifs is 3. The summed E-state index contributed by atoms with van der Waals surface area (Å²) in [6.45, 7) is 0. The van der Waals surface area contributed by atoms with E-state index >= 15 is 0 Å². The fraction of sp³-hybridized carbons (Fsp3) is 0.105. The molecule has 0 unspecified atom stereocenters. The number of pyridine rings is 1. The summed E-state index contributed by atoms with van der Waals surface area (Å²) in [6.07, 6.45) is 0.323. The Hall–Kier alpha value is -2.28. The molecule has 1 N–H and O–H groups in total. The second-order valence-electron chi connectivity index (χ2n) is 5.84. The third kappa shape index (κ3) is 3.88. The molecule has 0 bridgehead atoms. The van der Waals surface area contributed by atoms with Gasteiger partial charge in [0.2, 0.25) is 5.91 Å². The van der Waals surface area contributed by atoms with Crippen LogP contribution in [0.5, 0.6) is 0 Å². The van der Waals surface area contributed by atoms with Gasteiger partial charge in [-0.25, -0.2) is 0 Å². The Bertz CT molecular complexity index is 1150. The Balaban J connectivity index is 1.45. The zero-order chi connectivity index (χ0) is 18.8. The highest BCUT2D eigenvalue weighted by Gasteiger charge is 2.11. The van der Waals surface area contributed by atoms with Gasteiger partial charge in [-0.2, -0.15) is 0 Å². The van der Waals surface area contributed by atoms with Crippen molar-refractivity contribution in [2.75, 3.05) is 11.1 Å². The molecule has 4 rings (SSSR count). The van der Waals surface area contributed by atoms with Crippen molar-refractivity contribution < 1.29 is 4.79 Å². The molecule has 8 heteroatoms. The van der Waals surface area contributed by atoms with E-state index in [1.807, 2.05) is 40.8 Å². The Kier molecular flexibility index (Phi) is 5.20. The largest absolute Gasteiger partial charge is 0.325 e. The summed E-state index contributed by atoms with van der Waals surface area (Å²) in [5.74, 6) is 0.450. The number of nitrogens with zero attached hydrogens (tertiary/aromatic N) is 3. The van der Waals surface area contributed by atoms with Crippen molar-refractivity contribution >= 4 is 63.1 Å². The molecule has 27 heavy (non-hydrogen) atoms. The average molecular weight is 417 g/mol. The number of carbonyl (C=O) groups excluding carboxylic acids is 1. The minimum atomic E-state index is -0.120. The van der Waals surface area contributed by atoms with Crippen molar-refractivity contribution in [2.24, 2.45) is 0 Å². The fourth-order valence-electron chi connectivity index (χ4n) is 2.74. The molecule has 5 nitrogen and oxygen atoms in total. The lowest BCUT2D eigenvalue weighted by atomic mass is 10.2. The number of anilines is 1. The molecule has 136 valence electrons. The van der Waals surface area contributed by atoms with Gasteiger partial charge in [0.05, 0.1) is 16.2 Å². The molecule has 0 aliphatic carbocycles. The van der Waals surface area contributed by atoms with Gasteiger partial charge in [-0.3, -0.25) is 9.20 Å². The monoisotopic (exact) mass is 416 g/mol. The molecule has 2 aromatic carbocycles. The van der Waals surface area contributed by atoms with Gasteiger partial charge in [0, 0.05) is 17.2 Å². The third-order valence-electron chi connectivity index (χ3n) is 4.01. The minimum Gasteiger partial charge on any atom is -0.325 e. The standard InChI is InChI=1S/C19H14Cl2N4OS/c20-13-6-7-15(14(21)11-13)22-18(26)9-10-27-19-24-23-17-8-5-12-3-1-2-4-16(12)25(17)19/h1-8,11H,9-10H2,(H,22,26). The Morgan fingerprint density at radius 1 is 1.07 bits per heavy atom. The molecule has 0 atom stereocenters. The molecule has 2 heterocycles. The number of halogens is 2. The number of benzene rings is 2. The normalized spacial score (nSPS) is 11.2. The van der Waals surface area contributed by atoms with Crippen LogP contribution in [0.2, 0.25) is 10.0 Å². The van der Waals surface area contributed by atoms with Crippen LogP contribution in [0, 0.1) is 0 Å². The lowest BCUT2D eigenvalue weighted by Gasteiger charge is -2.07. The highest BCUT2D eigenvalue weighted by molar-refractivity contribution is 7.99. The predicted molar refractivity (Wildman–Crippen MR) is 111 cm³/mol. The van der Waals surface area contributed by atoms with Gasteiger partial charge in [-0.1, -0.05) is 53.2 Å². The van der Waals surface area contributed by atoms with Crippen LogP contribution in [0.4, 0.5) is 5.69 Å². The first-order valence-electron chi connectivity index (χ1n) is 8.22. The second-order valence-corrected chi connectivity index (χ2v) is 7.74. The number of carbonyl (C=O) groups is 1. The summed E-state index contributed by atoms with van der Waals surface area (Å²) in [5, 5.41) is 14.1. The van der Waals surface area contributed by atoms with E-state index in [-0.39, 0.29) is 5.91 Å². The first-order valence-corrected chi connectivity index (χ1v) is 9.96. The number of nitrogens with one attached hydrogen (secondary N) is 1. The maximum absolute atomic E-state index is 12.2. The van der Waals surface area contributed by atoms with E-state index in [2.05, 4.69) is 15.5 Å². The molecule has 0 radical (unpaired) electrons. The molecule has 0 saturated heterocycles. The number of thioether (sulfide) groups is 1. The maximum Gasteiger partial charge on any atom is 0.225 e.